The summed E-state index contributed by atoms with van der Waals surface area (Å²) in [7, 11) is 0. The van der Waals surface area contributed by atoms with Crippen LogP contribution >= 0.6 is 0 Å². The second-order valence-corrected chi connectivity index (χ2v) is 11.7. The molecule has 0 saturated heterocycles. The van der Waals surface area contributed by atoms with Gasteiger partial charge in [-0.2, -0.15) is 0 Å². The molecule has 204 valence electrons. The van der Waals surface area contributed by atoms with Crippen molar-refractivity contribution >= 4 is 55.4 Å². The Kier molecular flexibility index (Phi) is 5.67. The highest BCUT2D eigenvalue weighted by Gasteiger charge is 2.32. The maximum atomic E-state index is 6.53. The molecule has 0 amide bonds. The van der Waals surface area contributed by atoms with Crippen LogP contribution < -0.4 is 21.1 Å². The van der Waals surface area contributed by atoms with Crippen LogP contribution in [-0.4, -0.2) is 6.71 Å². The van der Waals surface area contributed by atoms with Crippen molar-refractivity contribution in [3.05, 3.63) is 164 Å². The van der Waals surface area contributed by atoms with Crippen molar-refractivity contribution in [1.29, 1.82) is 0 Å². The molecule has 0 unspecified atom stereocenters. The quantitative estimate of drug-likeness (QED) is 0.155. The first kappa shape index (κ1) is 25.0. The Balaban J connectivity index is 1.15. The highest BCUT2D eigenvalue weighted by molar-refractivity contribution is 6.96. The lowest BCUT2D eigenvalue weighted by Gasteiger charge is -2.27. The minimum Gasteiger partial charge on any atom is -0.458 e. The van der Waals surface area contributed by atoms with Gasteiger partial charge in [0, 0.05) is 0 Å². The normalized spacial score (nSPS) is 12.2. The van der Waals surface area contributed by atoms with E-state index in [-0.39, 0.29) is 6.71 Å². The molecule has 9 rings (SSSR count). The zero-order valence-electron chi connectivity index (χ0n) is 24.1. The number of hydrogen-bond acceptors (Lipinski definition) is 1. The average molecular weight is 558 g/mol. The molecule has 2 heteroatoms. The number of benzene rings is 8. The van der Waals surface area contributed by atoms with E-state index in [1.807, 2.05) is 0 Å². The highest BCUT2D eigenvalue weighted by atomic mass is 16.5. The van der Waals surface area contributed by atoms with E-state index in [4.69, 9.17) is 4.74 Å². The van der Waals surface area contributed by atoms with Crippen molar-refractivity contribution in [3.63, 3.8) is 0 Å². The van der Waals surface area contributed by atoms with Crippen molar-refractivity contribution in [3.8, 4) is 33.8 Å². The molecule has 0 fully saturated rings. The maximum Gasteiger partial charge on any atom is 0.250 e. The fourth-order valence-electron chi connectivity index (χ4n) is 7.11. The SMILES string of the molecule is c1ccc(B2c3ccccc3Oc3cc(-c4cccc(-c5ccc6c7ccccc7c7ccccc7c6c5)c4)ccc32)cc1. The van der Waals surface area contributed by atoms with Crippen molar-refractivity contribution in [2.75, 3.05) is 0 Å². The summed E-state index contributed by atoms with van der Waals surface area (Å²) in [5.74, 6) is 1.85. The van der Waals surface area contributed by atoms with Crippen LogP contribution in [0, 0.1) is 0 Å². The third-order valence-corrected chi connectivity index (χ3v) is 9.18. The summed E-state index contributed by atoms with van der Waals surface area (Å²) in [6.45, 7) is 0.139. The minimum atomic E-state index is 0.139. The lowest BCUT2D eigenvalue weighted by atomic mass is 9.36. The topological polar surface area (TPSA) is 9.23 Å². The smallest absolute Gasteiger partial charge is 0.250 e. The zero-order valence-corrected chi connectivity index (χ0v) is 24.1. The molecule has 1 nitrogen and oxygen atoms in total. The largest absolute Gasteiger partial charge is 0.458 e. The van der Waals surface area contributed by atoms with Crippen molar-refractivity contribution in [2.24, 2.45) is 0 Å². The molecule has 1 aliphatic heterocycles. The molecular formula is C42H27BO. The van der Waals surface area contributed by atoms with E-state index < -0.39 is 0 Å². The van der Waals surface area contributed by atoms with Crippen LogP contribution in [0.3, 0.4) is 0 Å². The van der Waals surface area contributed by atoms with E-state index >= 15 is 0 Å². The van der Waals surface area contributed by atoms with E-state index in [9.17, 15) is 0 Å². The lowest BCUT2D eigenvalue weighted by molar-refractivity contribution is 0.487. The summed E-state index contributed by atoms with van der Waals surface area (Å²) in [6.07, 6.45) is 0. The van der Waals surface area contributed by atoms with E-state index in [0.717, 1.165) is 17.1 Å². The van der Waals surface area contributed by atoms with Gasteiger partial charge in [0.2, 0.25) is 0 Å². The standard InChI is InChI=1S/C42H27BO/c1-2-13-32(14-3-1)43-39-19-8-9-20-41(39)44-42-27-31(22-24-40(42)43)29-12-10-11-28(25-29)30-21-23-37-35-17-5-4-15-33(35)34-16-6-7-18-36(34)38(37)26-30/h1-27H. The van der Waals surface area contributed by atoms with Gasteiger partial charge in [0.25, 0.3) is 6.71 Å². The zero-order chi connectivity index (χ0) is 29.0. The van der Waals surface area contributed by atoms with Gasteiger partial charge in [-0.05, 0) is 89.8 Å². The molecular weight excluding hydrogens is 531 g/mol. The van der Waals surface area contributed by atoms with Crippen LogP contribution in [0.25, 0.3) is 54.6 Å². The van der Waals surface area contributed by atoms with Gasteiger partial charge in [0.15, 0.2) is 0 Å². The summed E-state index contributed by atoms with van der Waals surface area (Å²) in [6, 6.07) is 59.1. The van der Waals surface area contributed by atoms with Gasteiger partial charge < -0.3 is 4.74 Å². The summed E-state index contributed by atoms with van der Waals surface area (Å²) in [5.41, 5.74) is 8.42. The second kappa shape index (κ2) is 10.0. The second-order valence-electron chi connectivity index (χ2n) is 11.7. The molecule has 44 heavy (non-hydrogen) atoms. The molecule has 1 aliphatic rings. The molecule has 0 aliphatic carbocycles. The van der Waals surface area contributed by atoms with Gasteiger partial charge in [-0.1, -0.05) is 145 Å². The molecule has 0 bridgehead atoms. The van der Waals surface area contributed by atoms with Crippen molar-refractivity contribution in [2.45, 2.75) is 0 Å². The molecule has 0 N–H and O–H groups in total. The monoisotopic (exact) mass is 558 g/mol. The van der Waals surface area contributed by atoms with Crippen LogP contribution in [0.2, 0.25) is 0 Å². The van der Waals surface area contributed by atoms with Crippen LogP contribution in [-0.2, 0) is 0 Å². The molecule has 8 aromatic rings. The van der Waals surface area contributed by atoms with Gasteiger partial charge in [-0.3, -0.25) is 0 Å². The van der Waals surface area contributed by atoms with Crippen LogP contribution in [0.5, 0.6) is 11.5 Å². The Morgan fingerprint density at radius 3 is 1.57 bits per heavy atom. The Bertz CT molecular complexity index is 2340. The summed E-state index contributed by atoms with van der Waals surface area (Å²) >= 11 is 0. The van der Waals surface area contributed by atoms with E-state index in [1.165, 1.54) is 65.4 Å². The molecule has 0 saturated carbocycles. The van der Waals surface area contributed by atoms with Crippen LogP contribution in [0.15, 0.2) is 164 Å². The number of hydrogen-bond donors (Lipinski definition) is 0. The Morgan fingerprint density at radius 1 is 0.318 bits per heavy atom. The van der Waals surface area contributed by atoms with Gasteiger partial charge in [-0.15, -0.1) is 0 Å². The molecule has 0 aromatic heterocycles. The summed E-state index contributed by atoms with van der Waals surface area (Å²) in [5, 5.41) is 7.77. The van der Waals surface area contributed by atoms with Gasteiger partial charge in [-0.25, -0.2) is 0 Å². The lowest BCUT2D eigenvalue weighted by Crippen LogP contribution is -2.54. The number of fused-ring (bicyclic) bond motifs is 8. The van der Waals surface area contributed by atoms with E-state index in [1.54, 1.807) is 0 Å². The average Bonchev–Trinajstić information content (AvgIpc) is 3.10. The number of para-hydroxylation sites is 1. The Labute approximate surface area is 257 Å². The molecule has 0 spiro atoms. The first-order valence-corrected chi connectivity index (χ1v) is 15.2. The molecule has 1 heterocycles. The van der Waals surface area contributed by atoms with Crippen molar-refractivity contribution in [1.82, 2.24) is 0 Å². The van der Waals surface area contributed by atoms with Crippen molar-refractivity contribution < 1.29 is 4.74 Å². The van der Waals surface area contributed by atoms with Gasteiger partial charge >= 0.3 is 0 Å². The minimum absolute atomic E-state index is 0.139. The van der Waals surface area contributed by atoms with Gasteiger partial charge in [0.1, 0.15) is 11.5 Å². The predicted molar refractivity (Wildman–Crippen MR) is 187 cm³/mol. The van der Waals surface area contributed by atoms with E-state index in [0.29, 0.717) is 0 Å². The number of ether oxygens (including phenoxy) is 1. The predicted octanol–water partition coefficient (Wildman–Crippen LogP) is 9.10. The Morgan fingerprint density at radius 2 is 0.841 bits per heavy atom. The maximum absolute atomic E-state index is 6.53. The Hall–Kier alpha value is -5.60. The van der Waals surface area contributed by atoms with Gasteiger partial charge in [0.05, 0.1) is 0 Å². The summed E-state index contributed by atoms with van der Waals surface area (Å²) in [4.78, 5) is 0. The third-order valence-electron chi connectivity index (χ3n) is 9.18. The first-order valence-electron chi connectivity index (χ1n) is 15.2. The fraction of sp³-hybridized carbons (Fsp3) is 0. The molecule has 0 radical (unpaired) electrons. The first-order chi connectivity index (χ1) is 21.8. The number of rotatable bonds is 3. The fourth-order valence-corrected chi connectivity index (χ4v) is 7.11. The van der Waals surface area contributed by atoms with E-state index in [2.05, 4.69) is 164 Å². The third kappa shape index (κ3) is 3.96. The molecule has 0 atom stereocenters. The highest BCUT2D eigenvalue weighted by Crippen LogP contribution is 2.38. The van der Waals surface area contributed by atoms with Crippen LogP contribution in [0.1, 0.15) is 0 Å². The molecule has 8 aromatic carbocycles. The van der Waals surface area contributed by atoms with Crippen LogP contribution in [0.4, 0.5) is 0 Å². The summed E-state index contributed by atoms with van der Waals surface area (Å²) < 4.78 is 6.53.